The third-order valence-electron chi connectivity index (χ3n) is 4.98. The molecular weight excluding hydrogens is 312 g/mol. The summed E-state index contributed by atoms with van der Waals surface area (Å²) in [6.07, 6.45) is 1.07. The Labute approximate surface area is 140 Å². The van der Waals surface area contributed by atoms with Crippen molar-refractivity contribution in [1.29, 1.82) is 0 Å². The second kappa shape index (κ2) is 6.02. The quantitative estimate of drug-likeness (QED) is 0.793. The molecule has 4 atom stereocenters. The van der Waals surface area contributed by atoms with Crippen molar-refractivity contribution in [3.05, 3.63) is 29.8 Å². The molecule has 1 saturated carbocycles. The number of esters is 1. The lowest BCUT2D eigenvalue weighted by Gasteiger charge is -2.53. The molecular formula is C18H24O4S. The van der Waals surface area contributed by atoms with Crippen LogP contribution in [0.5, 0.6) is 0 Å². The molecule has 0 bridgehead atoms. The molecule has 0 spiro atoms. The third kappa shape index (κ3) is 2.85. The Hall–Kier alpha value is -1.20. The van der Waals surface area contributed by atoms with E-state index >= 15 is 0 Å². The molecule has 1 aliphatic heterocycles. The van der Waals surface area contributed by atoms with Gasteiger partial charge in [-0.15, -0.1) is 0 Å². The van der Waals surface area contributed by atoms with Crippen molar-refractivity contribution in [2.45, 2.75) is 56.5 Å². The van der Waals surface area contributed by atoms with Crippen LogP contribution in [0.3, 0.4) is 0 Å². The van der Waals surface area contributed by atoms with Gasteiger partial charge in [-0.3, -0.25) is 4.21 Å². The Morgan fingerprint density at radius 3 is 2.57 bits per heavy atom. The highest BCUT2D eigenvalue weighted by molar-refractivity contribution is 7.85. The van der Waals surface area contributed by atoms with Gasteiger partial charge in [0.25, 0.3) is 0 Å². The van der Waals surface area contributed by atoms with E-state index in [9.17, 15) is 9.00 Å². The number of benzene rings is 1. The largest absolute Gasteiger partial charge is 0.458 e. The second-order valence-corrected chi connectivity index (χ2v) is 9.27. The van der Waals surface area contributed by atoms with Crippen molar-refractivity contribution in [3.63, 3.8) is 0 Å². The van der Waals surface area contributed by atoms with Crippen LogP contribution in [0.4, 0.5) is 0 Å². The topological polar surface area (TPSA) is 52.6 Å². The van der Waals surface area contributed by atoms with Crippen LogP contribution in [0.15, 0.2) is 29.2 Å². The Balaban J connectivity index is 1.68. The minimum atomic E-state index is -1.04. The molecule has 1 saturated heterocycles. The lowest BCUT2D eigenvalue weighted by Crippen LogP contribution is -2.61. The lowest BCUT2D eigenvalue weighted by atomic mass is 9.59. The van der Waals surface area contributed by atoms with Gasteiger partial charge in [0.15, 0.2) is 0 Å². The SMILES string of the molecule is CC(C)[S@](=O)c1ccc(C(=O)O[C@@H]2[C@H]3CCO[C@@H]3C2(C)C)cc1. The Morgan fingerprint density at radius 1 is 1.30 bits per heavy atom. The molecule has 0 radical (unpaired) electrons. The van der Waals surface area contributed by atoms with E-state index in [4.69, 9.17) is 9.47 Å². The van der Waals surface area contributed by atoms with E-state index in [1.54, 1.807) is 24.3 Å². The Kier molecular flexibility index (Phi) is 4.36. The summed E-state index contributed by atoms with van der Waals surface area (Å²) in [5, 5.41) is 0.0582. The molecule has 4 nitrogen and oxygen atoms in total. The van der Waals surface area contributed by atoms with Crippen molar-refractivity contribution < 1.29 is 18.5 Å². The zero-order valence-electron chi connectivity index (χ0n) is 14.1. The standard InChI is InChI=1S/C18H24O4S/c1-11(2)23(20)13-7-5-12(6-8-13)17(19)22-16-14-9-10-21-15(14)18(16,3)4/h5-8,11,14-16H,9-10H2,1-4H3/t14-,15-,16+,23-/m0/s1. The number of carbonyl (C=O) groups excluding carboxylic acids is 1. The van der Waals surface area contributed by atoms with Crippen LogP contribution in [-0.2, 0) is 20.3 Å². The van der Waals surface area contributed by atoms with Crippen molar-refractivity contribution >= 4 is 16.8 Å². The van der Waals surface area contributed by atoms with Crippen LogP contribution >= 0.6 is 0 Å². The number of hydrogen-bond acceptors (Lipinski definition) is 4. The van der Waals surface area contributed by atoms with Gasteiger partial charge in [-0.1, -0.05) is 27.7 Å². The first-order valence-corrected chi connectivity index (χ1v) is 9.37. The molecule has 0 N–H and O–H groups in total. The molecule has 2 aliphatic rings. The fraction of sp³-hybridized carbons (Fsp3) is 0.611. The van der Waals surface area contributed by atoms with Gasteiger partial charge in [-0.05, 0) is 30.7 Å². The summed E-state index contributed by atoms with van der Waals surface area (Å²) in [7, 11) is -1.04. The summed E-state index contributed by atoms with van der Waals surface area (Å²) in [6.45, 7) is 8.76. The van der Waals surface area contributed by atoms with Crippen LogP contribution < -0.4 is 0 Å². The highest BCUT2D eigenvalue weighted by Crippen LogP contribution is 2.53. The number of fused-ring (bicyclic) bond motifs is 1. The number of rotatable bonds is 4. The molecule has 1 aromatic rings. The zero-order valence-corrected chi connectivity index (χ0v) is 14.9. The van der Waals surface area contributed by atoms with Gasteiger partial charge in [-0.25, -0.2) is 4.79 Å². The summed E-state index contributed by atoms with van der Waals surface area (Å²) in [6, 6.07) is 6.90. The minimum Gasteiger partial charge on any atom is -0.458 e. The predicted molar refractivity (Wildman–Crippen MR) is 88.8 cm³/mol. The summed E-state index contributed by atoms with van der Waals surface area (Å²) in [5.74, 6) is 0.0111. The average Bonchev–Trinajstić information content (AvgIpc) is 2.98. The monoisotopic (exact) mass is 336 g/mol. The van der Waals surface area contributed by atoms with Crippen LogP contribution in [0, 0.1) is 11.3 Å². The van der Waals surface area contributed by atoms with Crippen molar-refractivity contribution in [3.8, 4) is 0 Å². The molecule has 2 fully saturated rings. The molecule has 5 heteroatoms. The Morgan fingerprint density at radius 2 is 1.96 bits per heavy atom. The average molecular weight is 336 g/mol. The molecule has 1 heterocycles. The normalized spacial score (nSPS) is 29.7. The van der Waals surface area contributed by atoms with E-state index in [0.29, 0.717) is 11.5 Å². The van der Waals surface area contributed by atoms with Crippen molar-refractivity contribution in [1.82, 2.24) is 0 Å². The molecule has 0 unspecified atom stereocenters. The van der Waals surface area contributed by atoms with E-state index in [2.05, 4.69) is 13.8 Å². The van der Waals surface area contributed by atoms with E-state index < -0.39 is 10.8 Å². The first-order chi connectivity index (χ1) is 10.8. The number of ether oxygens (including phenoxy) is 2. The molecule has 0 amide bonds. The maximum Gasteiger partial charge on any atom is 0.338 e. The minimum absolute atomic E-state index is 0.0582. The molecule has 1 aliphatic carbocycles. The van der Waals surface area contributed by atoms with Gasteiger partial charge < -0.3 is 9.47 Å². The first kappa shape index (κ1) is 16.7. The van der Waals surface area contributed by atoms with Crippen molar-refractivity contribution in [2.24, 2.45) is 11.3 Å². The van der Waals surface area contributed by atoms with Crippen LogP contribution in [0.25, 0.3) is 0 Å². The highest BCUT2D eigenvalue weighted by Gasteiger charge is 2.61. The summed E-state index contributed by atoms with van der Waals surface area (Å²) in [4.78, 5) is 13.1. The fourth-order valence-corrected chi connectivity index (χ4v) is 4.65. The molecule has 0 aromatic heterocycles. The van der Waals surface area contributed by atoms with Crippen LogP contribution in [-0.4, -0.2) is 34.2 Å². The summed E-state index contributed by atoms with van der Waals surface area (Å²) in [5.41, 5.74) is 0.378. The molecule has 1 aromatic carbocycles. The predicted octanol–water partition coefficient (Wildman–Crippen LogP) is 3.17. The summed E-state index contributed by atoms with van der Waals surface area (Å²) < 4.78 is 23.5. The van der Waals surface area contributed by atoms with Gasteiger partial charge in [0, 0.05) is 28.1 Å². The zero-order chi connectivity index (χ0) is 16.8. The van der Waals surface area contributed by atoms with E-state index in [1.807, 2.05) is 13.8 Å². The van der Waals surface area contributed by atoms with Gasteiger partial charge >= 0.3 is 5.97 Å². The maximum absolute atomic E-state index is 12.4. The molecule has 126 valence electrons. The van der Waals surface area contributed by atoms with E-state index in [-0.39, 0.29) is 28.8 Å². The Bertz CT molecular complexity index is 620. The van der Waals surface area contributed by atoms with Gasteiger partial charge in [-0.2, -0.15) is 0 Å². The van der Waals surface area contributed by atoms with Gasteiger partial charge in [0.05, 0.1) is 22.5 Å². The van der Waals surface area contributed by atoms with Gasteiger partial charge in [0.2, 0.25) is 0 Å². The second-order valence-electron chi connectivity index (χ2n) is 7.26. The molecule has 23 heavy (non-hydrogen) atoms. The fourth-order valence-electron chi connectivity index (χ4n) is 3.70. The highest BCUT2D eigenvalue weighted by atomic mass is 32.2. The number of carbonyl (C=O) groups is 1. The summed E-state index contributed by atoms with van der Waals surface area (Å²) >= 11 is 0. The van der Waals surface area contributed by atoms with Crippen LogP contribution in [0.1, 0.15) is 44.5 Å². The van der Waals surface area contributed by atoms with Crippen molar-refractivity contribution in [2.75, 3.05) is 6.61 Å². The lowest BCUT2D eigenvalue weighted by molar-refractivity contribution is -0.183. The van der Waals surface area contributed by atoms with E-state index in [0.717, 1.165) is 17.9 Å². The molecule has 3 rings (SSSR count). The smallest absolute Gasteiger partial charge is 0.338 e. The maximum atomic E-state index is 12.4. The third-order valence-corrected chi connectivity index (χ3v) is 6.57. The van der Waals surface area contributed by atoms with E-state index in [1.165, 1.54) is 0 Å². The van der Waals surface area contributed by atoms with Crippen LogP contribution in [0.2, 0.25) is 0 Å². The first-order valence-electron chi connectivity index (χ1n) is 8.15. The van der Waals surface area contributed by atoms with Gasteiger partial charge in [0.1, 0.15) is 6.10 Å². The number of hydrogen-bond donors (Lipinski definition) is 0.